The molecule has 2 N–H and O–H groups in total. The van der Waals surface area contributed by atoms with Gasteiger partial charge in [-0.25, -0.2) is 0 Å². The van der Waals surface area contributed by atoms with Crippen molar-refractivity contribution in [1.29, 1.82) is 0 Å². The Labute approximate surface area is 169 Å². The van der Waals surface area contributed by atoms with Crippen LogP contribution in [0.1, 0.15) is 29.6 Å². The number of hydrogen-bond acceptors (Lipinski definition) is 2. The van der Waals surface area contributed by atoms with Crippen LogP contribution in [0, 0.1) is 12.0 Å². The van der Waals surface area contributed by atoms with E-state index in [-0.39, 0.29) is 0 Å². The summed E-state index contributed by atoms with van der Waals surface area (Å²) in [7, 11) is 1.67. The molecule has 0 atom stereocenters. The number of amides is 1. The third kappa shape index (κ3) is 2.96. The van der Waals surface area contributed by atoms with Crippen molar-refractivity contribution < 1.29 is 9.53 Å². The van der Waals surface area contributed by atoms with E-state index in [0.29, 0.717) is 11.5 Å². The Morgan fingerprint density at radius 2 is 1.93 bits per heavy atom. The molecule has 1 heterocycles. The van der Waals surface area contributed by atoms with Gasteiger partial charge in [0.25, 0.3) is 0 Å². The number of ether oxygens (including phenoxy) is 1. The van der Waals surface area contributed by atoms with Gasteiger partial charge in [0.1, 0.15) is 5.75 Å². The number of aromatic nitrogens is 1. The van der Waals surface area contributed by atoms with Crippen molar-refractivity contribution in [3.8, 4) is 16.9 Å². The van der Waals surface area contributed by atoms with Crippen LogP contribution in [-0.4, -0.2) is 17.6 Å². The molecule has 0 saturated heterocycles. The summed E-state index contributed by atoms with van der Waals surface area (Å²) in [5.74, 6) is 1.13. The van der Waals surface area contributed by atoms with Crippen LogP contribution in [0.2, 0.25) is 0 Å². The highest BCUT2D eigenvalue weighted by atomic mass is 16.5. The van der Waals surface area contributed by atoms with Crippen LogP contribution < -0.4 is 10.5 Å². The molecule has 0 spiro atoms. The number of nitrogens with two attached hydrogens (primary N) is 1. The third-order valence-corrected chi connectivity index (χ3v) is 6.15. The number of hydrogen-bond donors (Lipinski definition) is 1. The van der Waals surface area contributed by atoms with Crippen LogP contribution >= 0.6 is 0 Å². The van der Waals surface area contributed by atoms with Crippen molar-refractivity contribution in [2.45, 2.75) is 25.8 Å². The van der Waals surface area contributed by atoms with Gasteiger partial charge in [-0.15, -0.1) is 0 Å². The molecule has 4 aromatic rings. The molecule has 5 rings (SSSR count). The maximum Gasteiger partial charge on any atom is 0.249 e. The molecular formula is C25H23N2O2. The van der Waals surface area contributed by atoms with Crippen LogP contribution in [0.3, 0.4) is 0 Å². The minimum atomic E-state index is -0.397. The standard InChI is InChI=1S/C25H23N2O2/c1-29-19-11-8-17(9-12-19)18-10-13-20-23(14-18)27(15-16-4-2-5-16)22-7-3-6-21(24(20)22)25(26)28/h3,6-12,14,16H,2,4-5,15H2,1H3,(H2,26,28). The molecule has 4 heteroatoms. The molecule has 1 radical (unpaired) electrons. The quantitative estimate of drug-likeness (QED) is 0.517. The van der Waals surface area contributed by atoms with Crippen molar-refractivity contribution in [3.05, 3.63) is 66.2 Å². The molecule has 1 aromatic heterocycles. The van der Waals surface area contributed by atoms with Gasteiger partial charge in [0, 0.05) is 28.4 Å². The first-order valence-electron chi connectivity index (χ1n) is 10.1. The monoisotopic (exact) mass is 383 g/mol. The van der Waals surface area contributed by atoms with Gasteiger partial charge in [0.15, 0.2) is 0 Å². The van der Waals surface area contributed by atoms with E-state index >= 15 is 0 Å². The third-order valence-electron chi connectivity index (χ3n) is 6.15. The molecule has 1 aliphatic rings. The van der Waals surface area contributed by atoms with Crippen LogP contribution in [-0.2, 0) is 6.54 Å². The second kappa shape index (κ2) is 6.96. The molecule has 29 heavy (non-hydrogen) atoms. The lowest BCUT2D eigenvalue weighted by molar-refractivity contribution is 0.100. The average molecular weight is 383 g/mol. The number of carbonyl (C=O) groups excluding carboxylic acids is 1. The van der Waals surface area contributed by atoms with Crippen molar-refractivity contribution in [3.63, 3.8) is 0 Å². The number of rotatable bonds is 5. The predicted molar refractivity (Wildman–Crippen MR) is 116 cm³/mol. The fourth-order valence-corrected chi connectivity index (χ4v) is 4.34. The van der Waals surface area contributed by atoms with Crippen molar-refractivity contribution in [2.24, 2.45) is 11.7 Å². The first-order chi connectivity index (χ1) is 14.2. The van der Waals surface area contributed by atoms with E-state index in [2.05, 4.69) is 34.9 Å². The van der Waals surface area contributed by atoms with Gasteiger partial charge < -0.3 is 15.0 Å². The van der Waals surface area contributed by atoms with Crippen molar-refractivity contribution in [1.82, 2.24) is 4.57 Å². The lowest BCUT2D eigenvalue weighted by Gasteiger charge is -2.26. The zero-order valence-electron chi connectivity index (χ0n) is 16.4. The molecule has 0 bridgehead atoms. The second-order valence-electron chi connectivity index (χ2n) is 7.85. The smallest absolute Gasteiger partial charge is 0.249 e. The summed E-state index contributed by atoms with van der Waals surface area (Å²) in [6.07, 6.45) is 3.83. The predicted octanol–water partition coefficient (Wildman–Crippen LogP) is 5.17. The minimum Gasteiger partial charge on any atom is -0.497 e. The van der Waals surface area contributed by atoms with E-state index in [1.807, 2.05) is 30.3 Å². The molecular weight excluding hydrogens is 360 g/mol. The average Bonchev–Trinajstić information content (AvgIpc) is 3.03. The van der Waals surface area contributed by atoms with E-state index in [1.165, 1.54) is 19.3 Å². The topological polar surface area (TPSA) is 57.2 Å². The van der Waals surface area contributed by atoms with Crippen molar-refractivity contribution in [2.75, 3.05) is 7.11 Å². The molecule has 1 aliphatic carbocycles. The van der Waals surface area contributed by atoms with E-state index in [9.17, 15) is 4.79 Å². The number of nitrogens with zero attached hydrogens (tertiary/aromatic N) is 1. The van der Waals surface area contributed by atoms with Crippen LogP contribution in [0.4, 0.5) is 0 Å². The Hall–Kier alpha value is -3.27. The Bertz CT molecular complexity index is 1220. The molecule has 145 valence electrons. The van der Waals surface area contributed by atoms with E-state index in [0.717, 1.165) is 45.2 Å². The van der Waals surface area contributed by atoms with Gasteiger partial charge in [0.2, 0.25) is 5.91 Å². The highest BCUT2D eigenvalue weighted by Crippen LogP contribution is 2.37. The molecule has 0 aliphatic heterocycles. The Kier molecular flexibility index (Phi) is 4.27. The Morgan fingerprint density at radius 1 is 1.14 bits per heavy atom. The highest BCUT2D eigenvalue weighted by Gasteiger charge is 2.22. The maximum absolute atomic E-state index is 12.1. The van der Waals surface area contributed by atoms with Gasteiger partial charge >= 0.3 is 0 Å². The molecule has 0 unspecified atom stereocenters. The lowest BCUT2D eigenvalue weighted by atomic mass is 9.85. The van der Waals surface area contributed by atoms with E-state index in [4.69, 9.17) is 10.5 Å². The number of methoxy groups -OCH3 is 1. The fourth-order valence-electron chi connectivity index (χ4n) is 4.34. The number of primary amides is 1. The lowest BCUT2D eigenvalue weighted by Crippen LogP contribution is -2.18. The summed E-state index contributed by atoms with van der Waals surface area (Å²) in [6.45, 7) is 0.960. The molecule has 3 aromatic carbocycles. The van der Waals surface area contributed by atoms with Gasteiger partial charge in [-0.05, 0) is 72.4 Å². The van der Waals surface area contributed by atoms with Crippen LogP contribution in [0.15, 0.2) is 54.6 Å². The van der Waals surface area contributed by atoms with Gasteiger partial charge in [-0.2, -0.15) is 0 Å². The SMILES string of the molecule is COc1ccc(-c2c[c]c3c4c(C(N)=O)cccc4n(CC4CCC4)c3c2)cc1. The molecule has 1 fully saturated rings. The largest absolute Gasteiger partial charge is 0.497 e. The summed E-state index contributed by atoms with van der Waals surface area (Å²) in [5, 5.41) is 1.88. The molecule has 1 saturated carbocycles. The fraction of sp³-hybridized carbons (Fsp3) is 0.240. The second-order valence-corrected chi connectivity index (χ2v) is 7.85. The summed E-state index contributed by atoms with van der Waals surface area (Å²) >= 11 is 0. The number of fused-ring (bicyclic) bond motifs is 3. The normalized spacial score (nSPS) is 14.2. The summed E-state index contributed by atoms with van der Waals surface area (Å²) in [6, 6.07) is 21.5. The van der Waals surface area contributed by atoms with Crippen LogP contribution in [0.5, 0.6) is 5.75 Å². The first-order valence-corrected chi connectivity index (χ1v) is 10.1. The van der Waals surface area contributed by atoms with Gasteiger partial charge in [-0.3, -0.25) is 4.79 Å². The highest BCUT2D eigenvalue weighted by molar-refractivity contribution is 6.18. The van der Waals surface area contributed by atoms with Crippen molar-refractivity contribution >= 4 is 27.7 Å². The molecule has 4 nitrogen and oxygen atoms in total. The zero-order valence-corrected chi connectivity index (χ0v) is 16.4. The van der Waals surface area contributed by atoms with Gasteiger partial charge in [0.05, 0.1) is 12.6 Å². The first kappa shape index (κ1) is 17.8. The minimum absolute atomic E-state index is 0.397. The summed E-state index contributed by atoms with van der Waals surface area (Å²) in [5.41, 5.74) is 10.6. The maximum atomic E-state index is 12.1. The van der Waals surface area contributed by atoms with Crippen LogP contribution in [0.25, 0.3) is 32.9 Å². The number of benzene rings is 3. The van der Waals surface area contributed by atoms with Gasteiger partial charge in [-0.1, -0.05) is 24.6 Å². The summed E-state index contributed by atoms with van der Waals surface area (Å²) in [4.78, 5) is 12.1. The summed E-state index contributed by atoms with van der Waals surface area (Å²) < 4.78 is 7.63. The zero-order chi connectivity index (χ0) is 20.0. The number of carbonyl (C=O) groups is 1. The van der Waals surface area contributed by atoms with E-state index < -0.39 is 5.91 Å². The van der Waals surface area contributed by atoms with E-state index in [1.54, 1.807) is 7.11 Å². The Balaban J connectivity index is 1.74. The Morgan fingerprint density at radius 3 is 2.59 bits per heavy atom. The molecule has 1 amide bonds.